The minimum absolute atomic E-state index is 0.0457. The summed E-state index contributed by atoms with van der Waals surface area (Å²) in [5.41, 5.74) is 1.35. The number of hydrogen-bond acceptors (Lipinski definition) is 3. The van der Waals surface area contributed by atoms with E-state index in [1.807, 2.05) is 11.8 Å². The van der Waals surface area contributed by atoms with Gasteiger partial charge in [-0.25, -0.2) is 0 Å². The predicted octanol–water partition coefficient (Wildman–Crippen LogP) is 3.25. The van der Waals surface area contributed by atoms with Crippen molar-refractivity contribution in [2.75, 3.05) is 13.1 Å². The Morgan fingerprint density at radius 1 is 1.28 bits per heavy atom. The Hall–Kier alpha value is -0.800. The quantitative estimate of drug-likeness (QED) is 0.466. The first-order valence-corrected chi connectivity index (χ1v) is 7.25. The Labute approximate surface area is 115 Å². The van der Waals surface area contributed by atoms with Gasteiger partial charge in [-0.05, 0) is 17.7 Å². The fraction of sp³-hybridized carbons (Fsp3) is 0.533. The summed E-state index contributed by atoms with van der Waals surface area (Å²) in [5.74, 6) is 0. The van der Waals surface area contributed by atoms with Gasteiger partial charge in [0.15, 0.2) is 0 Å². The molecule has 1 aromatic rings. The van der Waals surface area contributed by atoms with Crippen LogP contribution in [0.1, 0.15) is 33.3 Å². The minimum Gasteiger partial charge on any atom is -0.309 e. The second kappa shape index (κ2) is 6.95. The predicted molar refractivity (Wildman–Crippen MR) is 79.4 cm³/mol. The lowest BCUT2D eigenvalue weighted by Crippen LogP contribution is -2.33. The number of aldehydes is 1. The lowest BCUT2D eigenvalue weighted by Gasteiger charge is -2.25. The van der Waals surface area contributed by atoms with E-state index in [2.05, 4.69) is 57.3 Å². The number of benzene rings is 1. The molecule has 0 aliphatic heterocycles. The number of nitrogens with one attached hydrogen (secondary N) is 1. The van der Waals surface area contributed by atoms with Crippen molar-refractivity contribution in [2.24, 2.45) is 0 Å². The number of rotatable bonds is 7. The first-order valence-electron chi connectivity index (χ1n) is 6.37. The highest BCUT2D eigenvalue weighted by Gasteiger charge is 2.19. The molecule has 3 heteroatoms. The van der Waals surface area contributed by atoms with Crippen molar-refractivity contribution in [3.63, 3.8) is 0 Å². The van der Waals surface area contributed by atoms with Gasteiger partial charge >= 0.3 is 0 Å². The van der Waals surface area contributed by atoms with Gasteiger partial charge in [-0.1, -0.05) is 39.8 Å². The van der Waals surface area contributed by atoms with Gasteiger partial charge < -0.3 is 10.1 Å². The van der Waals surface area contributed by atoms with Crippen LogP contribution in [0, 0.1) is 0 Å². The van der Waals surface area contributed by atoms with Gasteiger partial charge in [0, 0.05) is 22.1 Å². The van der Waals surface area contributed by atoms with E-state index in [-0.39, 0.29) is 5.41 Å². The summed E-state index contributed by atoms with van der Waals surface area (Å²) >= 11 is 1.88. The fourth-order valence-corrected chi connectivity index (χ4v) is 2.64. The summed E-state index contributed by atoms with van der Waals surface area (Å²) in [6.45, 7) is 10.0. The molecule has 1 aromatic carbocycles. The zero-order valence-electron chi connectivity index (χ0n) is 11.7. The molecule has 0 radical (unpaired) electrons. The van der Waals surface area contributed by atoms with Crippen LogP contribution in [0.15, 0.2) is 29.2 Å². The van der Waals surface area contributed by atoms with Gasteiger partial charge in [0.25, 0.3) is 0 Å². The first kappa shape index (κ1) is 15.3. The Balaban J connectivity index is 2.67. The smallest absolute Gasteiger partial charge is 0.133 e. The standard InChI is InChI=1S/C15H23NOS/c1-12(2)18-14-7-5-13(6-8-14)15(3,4)11-16-9-10-17/h5-8,10,12,16H,9,11H2,1-4H3. The molecule has 0 aromatic heterocycles. The van der Waals surface area contributed by atoms with Crippen LogP contribution in [0.5, 0.6) is 0 Å². The van der Waals surface area contributed by atoms with Crippen LogP contribution < -0.4 is 5.32 Å². The molecule has 0 heterocycles. The van der Waals surface area contributed by atoms with E-state index in [4.69, 9.17) is 0 Å². The van der Waals surface area contributed by atoms with Crippen LogP contribution in [0.25, 0.3) is 0 Å². The van der Waals surface area contributed by atoms with Crippen molar-refractivity contribution in [3.05, 3.63) is 29.8 Å². The van der Waals surface area contributed by atoms with E-state index < -0.39 is 0 Å². The molecule has 0 saturated heterocycles. The summed E-state index contributed by atoms with van der Waals surface area (Å²) in [5, 5.41) is 3.76. The van der Waals surface area contributed by atoms with Crippen molar-refractivity contribution >= 4 is 18.0 Å². The maximum absolute atomic E-state index is 10.3. The zero-order valence-corrected chi connectivity index (χ0v) is 12.5. The molecule has 0 aliphatic rings. The highest BCUT2D eigenvalue weighted by Crippen LogP contribution is 2.27. The maximum Gasteiger partial charge on any atom is 0.133 e. The maximum atomic E-state index is 10.3. The van der Waals surface area contributed by atoms with Crippen LogP contribution in [-0.2, 0) is 10.2 Å². The van der Waals surface area contributed by atoms with Crippen LogP contribution >= 0.6 is 11.8 Å². The number of hydrogen-bond donors (Lipinski definition) is 1. The van der Waals surface area contributed by atoms with Crippen molar-refractivity contribution in [3.8, 4) is 0 Å². The second-order valence-electron chi connectivity index (χ2n) is 5.37. The lowest BCUT2D eigenvalue weighted by atomic mass is 9.84. The van der Waals surface area contributed by atoms with E-state index in [0.717, 1.165) is 12.8 Å². The normalized spacial score (nSPS) is 11.8. The molecule has 100 valence electrons. The molecule has 0 unspecified atom stereocenters. The second-order valence-corrected chi connectivity index (χ2v) is 7.02. The molecule has 0 saturated carbocycles. The minimum atomic E-state index is 0.0457. The van der Waals surface area contributed by atoms with Crippen molar-refractivity contribution in [1.29, 1.82) is 0 Å². The average Bonchev–Trinajstić information content (AvgIpc) is 2.29. The van der Waals surface area contributed by atoms with E-state index in [1.165, 1.54) is 10.5 Å². The lowest BCUT2D eigenvalue weighted by molar-refractivity contribution is -0.107. The summed E-state index contributed by atoms with van der Waals surface area (Å²) in [7, 11) is 0. The monoisotopic (exact) mass is 265 g/mol. The largest absolute Gasteiger partial charge is 0.309 e. The Morgan fingerprint density at radius 3 is 2.39 bits per heavy atom. The molecule has 0 aliphatic carbocycles. The fourth-order valence-electron chi connectivity index (χ4n) is 1.80. The van der Waals surface area contributed by atoms with Crippen LogP contribution in [-0.4, -0.2) is 24.6 Å². The van der Waals surface area contributed by atoms with Crippen LogP contribution in [0.4, 0.5) is 0 Å². The summed E-state index contributed by atoms with van der Waals surface area (Å²) < 4.78 is 0. The Bertz CT molecular complexity index is 371. The van der Waals surface area contributed by atoms with Gasteiger partial charge in [0.2, 0.25) is 0 Å². The average molecular weight is 265 g/mol. The molecule has 0 bridgehead atoms. The molecule has 0 atom stereocenters. The SMILES string of the molecule is CC(C)Sc1ccc(C(C)(C)CNCC=O)cc1. The van der Waals surface area contributed by atoms with Crippen LogP contribution in [0.3, 0.4) is 0 Å². The summed E-state index contributed by atoms with van der Waals surface area (Å²) in [6.07, 6.45) is 0.901. The van der Waals surface area contributed by atoms with E-state index in [0.29, 0.717) is 11.8 Å². The molecule has 2 nitrogen and oxygen atoms in total. The summed E-state index contributed by atoms with van der Waals surface area (Å²) in [6, 6.07) is 8.74. The Morgan fingerprint density at radius 2 is 1.89 bits per heavy atom. The molecule has 1 rings (SSSR count). The number of carbonyl (C=O) groups is 1. The van der Waals surface area contributed by atoms with Gasteiger partial charge in [0.1, 0.15) is 6.29 Å². The van der Waals surface area contributed by atoms with Crippen molar-refractivity contribution in [2.45, 2.75) is 43.3 Å². The third-order valence-corrected chi connectivity index (χ3v) is 3.82. The molecular weight excluding hydrogens is 242 g/mol. The van der Waals surface area contributed by atoms with Crippen LogP contribution in [0.2, 0.25) is 0 Å². The molecule has 0 spiro atoms. The zero-order chi connectivity index (χ0) is 13.6. The highest BCUT2D eigenvalue weighted by molar-refractivity contribution is 7.99. The van der Waals surface area contributed by atoms with E-state index in [1.54, 1.807) is 0 Å². The van der Waals surface area contributed by atoms with Gasteiger partial charge in [-0.2, -0.15) is 0 Å². The van der Waals surface area contributed by atoms with Gasteiger partial charge in [-0.15, -0.1) is 11.8 Å². The topological polar surface area (TPSA) is 29.1 Å². The highest BCUT2D eigenvalue weighted by atomic mass is 32.2. The first-order chi connectivity index (χ1) is 8.45. The third-order valence-electron chi connectivity index (χ3n) is 2.80. The number of thioether (sulfide) groups is 1. The number of carbonyl (C=O) groups excluding carboxylic acids is 1. The molecule has 0 fully saturated rings. The molecule has 18 heavy (non-hydrogen) atoms. The molecule has 1 N–H and O–H groups in total. The van der Waals surface area contributed by atoms with E-state index in [9.17, 15) is 4.79 Å². The molecule has 0 amide bonds. The van der Waals surface area contributed by atoms with Crippen molar-refractivity contribution < 1.29 is 4.79 Å². The third kappa shape index (κ3) is 4.83. The van der Waals surface area contributed by atoms with E-state index >= 15 is 0 Å². The van der Waals surface area contributed by atoms with Gasteiger partial charge in [-0.3, -0.25) is 0 Å². The summed E-state index contributed by atoms with van der Waals surface area (Å²) in [4.78, 5) is 11.6. The van der Waals surface area contributed by atoms with Crippen molar-refractivity contribution in [1.82, 2.24) is 5.32 Å². The molecular formula is C15H23NOS. The van der Waals surface area contributed by atoms with Gasteiger partial charge in [0.05, 0.1) is 6.54 Å². The Kier molecular flexibility index (Phi) is 5.89.